The molecule has 2 aromatic heterocycles. The van der Waals surface area contributed by atoms with E-state index in [2.05, 4.69) is 10.3 Å². The molecule has 2 heterocycles. The summed E-state index contributed by atoms with van der Waals surface area (Å²) in [5.41, 5.74) is 0.877. The standard InChI is InChI=1S/C21H20N2O4/c24-20(10-9-19-7-4-12-25-19)22-15-17-8-11-21(23-16-17)27-14-13-26-18-5-2-1-3-6-18/h1-12,16H,13-15H2,(H,22,24)/b10-9+. The molecule has 0 unspecified atom stereocenters. The highest BCUT2D eigenvalue weighted by molar-refractivity contribution is 5.91. The number of benzene rings is 1. The lowest BCUT2D eigenvalue weighted by atomic mass is 10.3. The van der Waals surface area contributed by atoms with Gasteiger partial charge in [-0.2, -0.15) is 0 Å². The Morgan fingerprint density at radius 2 is 1.89 bits per heavy atom. The lowest BCUT2D eigenvalue weighted by Gasteiger charge is -2.08. The number of carbonyl (C=O) groups excluding carboxylic acids is 1. The maximum atomic E-state index is 11.8. The van der Waals surface area contributed by atoms with Gasteiger partial charge < -0.3 is 19.2 Å². The van der Waals surface area contributed by atoms with E-state index in [1.165, 1.54) is 6.08 Å². The van der Waals surface area contributed by atoms with E-state index in [-0.39, 0.29) is 5.91 Å². The van der Waals surface area contributed by atoms with Crippen LogP contribution in [-0.2, 0) is 11.3 Å². The number of nitrogens with one attached hydrogen (secondary N) is 1. The van der Waals surface area contributed by atoms with Crippen molar-refractivity contribution < 1.29 is 18.7 Å². The summed E-state index contributed by atoms with van der Waals surface area (Å²) >= 11 is 0. The molecule has 0 fully saturated rings. The monoisotopic (exact) mass is 364 g/mol. The highest BCUT2D eigenvalue weighted by Gasteiger charge is 2.00. The van der Waals surface area contributed by atoms with Gasteiger partial charge in [-0.25, -0.2) is 4.98 Å². The molecule has 1 aromatic carbocycles. The normalized spacial score (nSPS) is 10.7. The van der Waals surface area contributed by atoms with Crippen molar-refractivity contribution in [2.75, 3.05) is 13.2 Å². The Bertz CT molecular complexity index is 844. The van der Waals surface area contributed by atoms with Gasteiger partial charge in [0.1, 0.15) is 24.7 Å². The van der Waals surface area contributed by atoms with Gasteiger partial charge in [0.15, 0.2) is 0 Å². The molecule has 3 rings (SSSR count). The molecule has 0 saturated carbocycles. The van der Waals surface area contributed by atoms with Gasteiger partial charge in [-0.1, -0.05) is 24.3 Å². The average Bonchev–Trinajstić information content (AvgIpc) is 3.23. The fraction of sp³-hybridized carbons (Fsp3) is 0.143. The van der Waals surface area contributed by atoms with Gasteiger partial charge in [0, 0.05) is 24.9 Å². The highest BCUT2D eigenvalue weighted by Crippen LogP contribution is 2.10. The zero-order valence-corrected chi connectivity index (χ0v) is 14.7. The van der Waals surface area contributed by atoms with Crippen LogP contribution in [0.15, 0.2) is 77.6 Å². The summed E-state index contributed by atoms with van der Waals surface area (Å²) in [5.74, 6) is 1.75. The van der Waals surface area contributed by atoms with Crippen LogP contribution in [-0.4, -0.2) is 24.1 Å². The topological polar surface area (TPSA) is 73.6 Å². The Morgan fingerprint density at radius 3 is 2.63 bits per heavy atom. The Morgan fingerprint density at radius 1 is 1.04 bits per heavy atom. The van der Waals surface area contributed by atoms with Gasteiger partial charge in [0.2, 0.25) is 11.8 Å². The van der Waals surface area contributed by atoms with Crippen molar-refractivity contribution in [3.05, 3.63) is 84.5 Å². The molecule has 1 N–H and O–H groups in total. The molecule has 0 bridgehead atoms. The van der Waals surface area contributed by atoms with E-state index in [1.54, 1.807) is 36.7 Å². The molecule has 0 aliphatic carbocycles. The van der Waals surface area contributed by atoms with Gasteiger partial charge in [-0.3, -0.25) is 4.79 Å². The smallest absolute Gasteiger partial charge is 0.244 e. The van der Waals surface area contributed by atoms with E-state index in [1.807, 2.05) is 36.4 Å². The zero-order valence-electron chi connectivity index (χ0n) is 14.7. The maximum Gasteiger partial charge on any atom is 0.244 e. The molecule has 138 valence electrons. The first kappa shape index (κ1) is 18.3. The predicted octanol–water partition coefficient (Wildman–Crippen LogP) is 3.46. The average molecular weight is 364 g/mol. The van der Waals surface area contributed by atoms with Gasteiger partial charge in [0.25, 0.3) is 0 Å². The number of para-hydroxylation sites is 1. The molecular weight excluding hydrogens is 344 g/mol. The molecule has 0 spiro atoms. The van der Waals surface area contributed by atoms with Crippen molar-refractivity contribution in [3.63, 3.8) is 0 Å². The van der Waals surface area contributed by atoms with Crippen molar-refractivity contribution >= 4 is 12.0 Å². The van der Waals surface area contributed by atoms with Crippen LogP contribution in [0.25, 0.3) is 6.08 Å². The first-order chi connectivity index (χ1) is 13.3. The van der Waals surface area contributed by atoms with Crippen LogP contribution in [0.2, 0.25) is 0 Å². The molecule has 6 nitrogen and oxygen atoms in total. The van der Waals surface area contributed by atoms with Crippen LogP contribution in [0.4, 0.5) is 0 Å². The minimum absolute atomic E-state index is 0.204. The molecule has 0 atom stereocenters. The Kier molecular flexibility index (Phi) is 6.64. The number of nitrogens with zero attached hydrogens (tertiary/aromatic N) is 1. The molecule has 0 radical (unpaired) electrons. The van der Waals surface area contributed by atoms with Crippen molar-refractivity contribution in [2.24, 2.45) is 0 Å². The quantitative estimate of drug-likeness (QED) is 0.465. The molecule has 6 heteroatoms. The van der Waals surface area contributed by atoms with Crippen LogP contribution in [0.5, 0.6) is 11.6 Å². The number of amides is 1. The second kappa shape index (κ2) is 9.82. The van der Waals surface area contributed by atoms with E-state index < -0.39 is 0 Å². The molecule has 3 aromatic rings. The number of carbonyl (C=O) groups is 1. The lowest BCUT2D eigenvalue weighted by Crippen LogP contribution is -2.20. The summed E-state index contributed by atoms with van der Waals surface area (Å²) in [5, 5.41) is 2.78. The summed E-state index contributed by atoms with van der Waals surface area (Å²) in [6.45, 7) is 1.22. The van der Waals surface area contributed by atoms with Gasteiger partial charge in [0.05, 0.1) is 6.26 Å². The number of furan rings is 1. The number of aromatic nitrogens is 1. The van der Waals surface area contributed by atoms with Crippen molar-refractivity contribution in [2.45, 2.75) is 6.54 Å². The van der Waals surface area contributed by atoms with Crippen LogP contribution in [0, 0.1) is 0 Å². The third kappa shape index (κ3) is 6.36. The number of hydrogen-bond donors (Lipinski definition) is 1. The molecule has 27 heavy (non-hydrogen) atoms. The van der Waals surface area contributed by atoms with Crippen molar-refractivity contribution in [1.82, 2.24) is 10.3 Å². The predicted molar refractivity (Wildman–Crippen MR) is 101 cm³/mol. The van der Waals surface area contributed by atoms with Crippen molar-refractivity contribution in [1.29, 1.82) is 0 Å². The van der Waals surface area contributed by atoms with Crippen LogP contribution >= 0.6 is 0 Å². The second-order valence-electron chi connectivity index (χ2n) is 5.58. The largest absolute Gasteiger partial charge is 0.490 e. The summed E-state index contributed by atoms with van der Waals surface area (Å²) in [6.07, 6.45) is 6.27. The molecule has 0 aliphatic rings. The number of rotatable bonds is 9. The first-order valence-electron chi connectivity index (χ1n) is 8.54. The minimum Gasteiger partial charge on any atom is -0.490 e. The van der Waals surface area contributed by atoms with Gasteiger partial charge in [-0.15, -0.1) is 0 Å². The van der Waals surface area contributed by atoms with Gasteiger partial charge in [-0.05, 0) is 35.9 Å². The van der Waals surface area contributed by atoms with Gasteiger partial charge >= 0.3 is 0 Å². The van der Waals surface area contributed by atoms with E-state index in [0.717, 1.165) is 11.3 Å². The SMILES string of the molecule is O=C(/C=C/c1ccco1)NCc1ccc(OCCOc2ccccc2)nc1. The van der Waals surface area contributed by atoms with Crippen LogP contribution < -0.4 is 14.8 Å². The fourth-order valence-corrected chi connectivity index (χ4v) is 2.22. The number of pyridine rings is 1. The Balaban J connectivity index is 1.36. The third-order valence-corrected chi connectivity index (χ3v) is 3.55. The molecule has 0 saturated heterocycles. The second-order valence-corrected chi connectivity index (χ2v) is 5.58. The zero-order chi connectivity index (χ0) is 18.7. The number of ether oxygens (including phenoxy) is 2. The highest BCUT2D eigenvalue weighted by atomic mass is 16.5. The number of hydrogen-bond acceptors (Lipinski definition) is 5. The summed E-state index contributed by atoms with van der Waals surface area (Å²) in [4.78, 5) is 16.0. The molecular formula is C21H20N2O4. The Hall–Kier alpha value is -3.54. The fourth-order valence-electron chi connectivity index (χ4n) is 2.22. The summed E-state index contributed by atoms with van der Waals surface area (Å²) in [7, 11) is 0. The summed E-state index contributed by atoms with van der Waals surface area (Å²) in [6, 6.07) is 16.7. The van der Waals surface area contributed by atoms with E-state index in [4.69, 9.17) is 13.9 Å². The van der Waals surface area contributed by atoms with Crippen LogP contribution in [0.1, 0.15) is 11.3 Å². The Labute approximate surface area is 157 Å². The molecule has 0 aliphatic heterocycles. The van der Waals surface area contributed by atoms with E-state index in [0.29, 0.717) is 31.4 Å². The minimum atomic E-state index is -0.204. The van der Waals surface area contributed by atoms with Crippen molar-refractivity contribution in [3.8, 4) is 11.6 Å². The van der Waals surface area contributed by atoms with E-state index in [9.17, 15) is 4.79 Å². The third-order valence-electron chi connectivity index (χ3n) is 3.55. The summed E-state index contributed by atoms with van der Waals surface area (Å²) < 4.78 is 16.2. The van der Waals surface area contributed by atoms with E-state index >= 15 is 0 Å². The first-order valence-corrected chi connectivity index (χ1v) is 8.54. The van der Waals surface area contributed by atoms with Crippen LogP contribution in [0.3, 0.4) is 0 Å². The maximum absolute atomic E-state index is 11.8. The lowest BCUT2D eigenvalue weighted by molar-refractivity contribution is -0.116. The molecule has 1 amide bonds.